The van der Waals surface area contributed by atoms with Crippen molar-refractivity contribution in [1.82, 2.24) is 4.98 Å². The second-order valence-electron chi connectivity index (χ2n) is 4.47. The maximum absolute atomic E-state index is 12.7. The van der Waals surface area contributed by atoms with Crippen molar-refractivity contribution in [2.45, 2.75) is 6.18 Å². The maximum atomic E-state index is 12.7. The molecule has 3 aromatic rings. The summed E-state index contributed by atoms with van der Waals surface area (Å²) in [7, 11) is 0. The summed E-state index contributed by atoms with van der Waals surface area (Å²) >= 11 is 1.27. The zero-order chi connectivity index (χ0) is 15.2. The SMILES string of the molecule is Nc1cc(-c2nc3cc(C(F)(F)F)ccc3s2)ccc1O. The summed E-state index contributed by atoms with van der Waals surface area (Å²) in [5.74, 6) is -0.0424. The molecular weight excluding hydrogens is 301 g/mol. The first kappa shape index (κ1) is 13.7. The number of anilines is 1. The number of benzene rings is 2. The van der Waals surface area contributed by atoms with Crippen molar-refractivity contribution in [3.63, 3.8) is 0 Å². The molecule has 3 rings (SSSR count). The Hall–Kier alpha value is -2.28. The van der Waals surface area contributed by atoms with Crippen LogP contribution in [0.4, 0.5) is 18.9 Å². The van der Waals surface area contributed by atoms with Crippen LogP contribution in [0.2, 0.25) is 0 Å². The predicted octanol–water partition coefficient (Wildman–Crippen LogP) is 4.27. The van der Waals surface area contributed by atoms with E-state index in [-0.39, 0.29) is 17.0 Å². The third kappa shape index (κ3) is 2.52. The van der Waals surface area contributed by atoms with Crippen molar-refractivity contribution in [2.24, 2.45) is 0 Å². The van der Waals surface area contributed by atoms with Crippen molar-refractivity contribution < 1.29 is 18.3 Å². The molecule has 21 heavy (non-hydrogen) atoms. The van der Waals surface area contributed by atoms with Crippen LogP contribution < -0.4 is 5.73 Å². The summed E-state index contributed by atoms with van der Waals surface area (Å²) < 4.78 is 38.7. The largest absolute Gasteiger partial charge is 0.506 e. The van der Waals surface area contributed by atoms with E-state index in [4.69, 9.17) is 5.73 Å². The molecule has 108 valence electrons. The average molecular weight is 310 g/mol. The summed E-state index contributed by atoms with van der Waals surface area (Å²) in [5.41, 5.74) is 6.02. The van der Waals surface area contributed by atoms with Gasteiger partial charge >= 0.3 is 6.18 Å². The number of thiazole rings is 1. The zero-order valence-corrected chi connectivity index (χ0v) is 11.3. The molecule has 0 aliphatic rings. The Kier molecular flexibility index (Phi) is 3.02. The minimum absolute atomic E-state index is 0.0424. The molecular formula is C14H9F3N2OS. The molecule has 1 heterocycles. The summed E-state index contributed by atoms with van der Waals surface area (Å²) in [6, 6.07) is 8.06. The van der Waals surface area contributed by atoms with E-state index >= 15 is 0 Å². The number of rotatable bonds is 1. The molecule has 2 aromatic carbocycles. The van der Waals surface area contributed by atoms with Crippen molar-refractivity contribution in [1.29, 1.82) is 0 Å². The summed E-state index contributed by atoms with van der Waals surface area (Å²) in [6.45, 7) is 0. The lowest BCUT2D eigenvalue weighted by molar-refractivity contribution is -0.137. The van der Waals surface area contributed by atoms with Gasteiger partial charge in [-0.05, 0) is 36.4 Å². The van der Waals surface area contributed by atoms with Gasteiger partial charge < -0.3 is 10.8 Å². The number of halogens is 3. The second-order valence-corrected chi connectivity index (χ2v) is 5.50. The van der Waals surface area contributed by atoms with Gasteiger partial charge in [-0.1, -0.05) is 0 Å². The molecule has 0 amide bonds. The smallest absolute Gasteiger partial charge is 0.416 e. The fraction of sp³-hybridized carbons (Fsp3) is 0.0714. The molecule has 0 unspecified atom stereocenters. The number of alkyl halides is 3. The van der Waals surface area contributed by atoms with E-state index in [0.717, 1.165) is 12.1 Å². The fourth-order valence-electron chi connectivity index (χ4n) is 1.91. The first-order chi connectivity index (χ1) is 9.84. The Morgan fingerprint density at radius 1 is 1.10 bits per heavy atom. The Morgan fingerprint density at radius 2 is 1.86 bits per heavy atom. The minimum Gasteiger partial charge on any atom is -0.506 e. The summed E-state index contributed by atoms with van der Waals surface area (Å²) in [4.78, 5) is 4.21. The van der Waals surface area contributed by atoms with Crippen molar-refractivity contribution in [3.05, 3.63) is 42.0 Å². The fourth-order valence-corrected chi connectivity index (χ4v) is 2.86. The molecule has 0 aliphatic heterocycles. The van der Waals surface area contributed by atoms with Gasteiger partial charge in [0.2, 0.25) is 0 Å². The minimum atomic E-state index is -4.39. The molecule has 0 atom stereocenters. The maximum Gasteiger partial charge on any atom is 0.416 e. The summed E-state index contributed by atoms with van der Waals surface area (Å²) in [5, 5.41) is 9.94. The highest BCUT2D eigenvalue weighted by atomic mass is 32.1. The summed E-state index contributed by atoms with van der Waals surface area (Å²) in [6.07, 6.45) is -4.39. The van der Waals surface area contributed by atoms with Gasteiger partial charge in [-0.15, -0.1) is 11.3 Å². The Labute approximate surface area is 121 Å². The van der Waals surface area contributed by atoms with Gasteiger partial charge in [0, 0.05) is 5.56 Å². The lowest BCUT2D eigenvalue weighted by atomic mass is 10.2. The number of aromatic nitrogens is 1. The lowest BCUT2D eigenvalue weighted by Gasteiger charge is -2.04. The standard InChI is InChI=1S/C14H9F3N2OS/c15-14(16,17)8-2-4-12-10(6-8)19-13(21-12)7-1-3-11(20)9(18)5-7/h1-6,20H,18H2. The topological polar surface area (TPSA) is 59.1 Å². The van der Waals surface area contributed by atoms with Crippen LogP contribution in [-0.4, -0.2) is 10.1 Å². The Morgan fingerprint density at radius 3 is 2.52 bits per heavy atom. The number of nitrogens with zero attached hydrogens (tertiary/aromatic N) is 1. The molecule has 7 heteroatoms. The molecule has 0 radical (unpaired) electrons. The van der Waals surface area contributed by atoms with E-state index in [2.05, 4.69) is 4.98 Å². The van der Waals surface area contributed by atoms with E-state index < -0.39 is 11.7 Å². The van der Waals surface area contributed by atoms with E-state index in [1.807, 2.05) is 0 Å². The van der Waals surface area contributed by atoms with Gasteiger partial charge in [-0.25, -0.2) is 4.98 Å². The van der Waals surface area contributed by atoms with Crippen LogP contribution >= 0.6 is 11.3 Å². The quantitative estimate of drug-likeness (QED) is 0.521. The van der Waals surface area contributed by atoms with Crippen LogP contribution in [0.25, 0.3) is 20.8 Å². The average Bonchev–Trinajstić information content (AvgIpc) is 2.83. The zero-order valence-electron chi connectivity index (χ0n) is 10.5. The highest BCUT2D eigenvalue weighted by Gasteiger charge is 2.30. The first-order valence-electron chi connectivity index (χ1n) is 5.91. The third-order valence-corrected chi connectivity index (χ3v) is 4.07. The van der Waals surface area contributed by atoms with Crippen molar-refractivity contribution in [2.75, 3.05) is 5.73 Å². The van der Waals surface area contributed by atoms with Crippen LogP contribution in [0.5, 0.6) is 5.75 Å². The molecule has 1 aromatic heterocycles. The number of fused-ring (bicyclic) bond motifs is 1. The molecule has 0 bridgehead atoms. The lowest BCUT2D eigenvalue weighted by Crippen LogP contribution is -2.03. The van der Waals surface area contributed by atoms with Gasteiger partial charge in [-0.2, -0.15) is 13.2 Å². The van der Waals surface area contributed by atoms with Gasteiger partial charge in [0.15, 0.2) is 0 Å². The Balaban J connectivity index is 2.10. The normalized spacial score (nSPS) is 12.0. The number of aromatic hydroxyl groups is 1. The van der Waals surface area contributed by atoms with Crippen LogP contribution in [-0.2, 0) is 6.18 Å². The monoisotopic (exact) mass is 310 g/mol. The molecule has 0 fully saturated rings. The van der Waals surface area contributed by atoms with Crippen LogP contribution in [0.1, 0.15) is 5.56 Å². The predicted molar refractivity (Wildman–Crippen MR) is 76.1 cm³/mol. The number of nitrogen functional groups attached to an aromatic ring is 1. The van der Waals surface area contributed by atoms with E-state index in [1.54, 1.807) is 6.07 Å². The number of hydrogen-bond donors (Lipinski definition) is 2. The van der Waals surface area contributed by atoms with Gasteiger partial charge in [0.1, 0.15) is 10.8 Å². The second kappa shape index (κ2) is 4.63. The van der Waals surface area contributed by atoms with Crippen molar-refractivity contribution >= 4 is 27.2 Å². The van der Waals surface area contributed by atoms with Gasteiger partial charge in [-0.3, -0.25) is 0 Å². The third-order valence-electron chi connectivity index (χ3n) is 2.99. The Bertz CT molecular complexity index is 827. The van der Waals surface area contributed by atoms with E-state index in [0.29, 0.717) is 15.3 Å². The number of hydrogen-bond acceptors (Lipinski definition) is 4. The van der Waals surface area contributed by atoms with E-state index in [9.17, 15) is 18.3 Å². The molecule has 0 aliphatic carbocycles. The highest BCUT2D eigenvalue weighted by molar-refractivity contribution is 7.21. The number of phenols is 1. The number of phenolic OH excluding ortho intramolecular Hbond substituents is 1. The highest BCUT2D eigenvalue weighted by Crippen LogP contribution is 2.36. The van der Waals surface area contributed by atoms with Gasteiger partial charge in [0.25, 0.3) is 0 Å². The van der Waals surface area contributed by atoms with Crippen LogP contribution in [0.15, 0.2) is 36.4 Å². The van der Waals surface area contributed by atoms with E-state index in [1.165, 1.54) is 29.5 Å². The molecule has 0 spiro atoms. The van der Waals surface area contributed by atoms with Crippen LogP contribution in [0, 0.1) is 0 Å². The molecule has 3 nitrogen and oxygen atoms in total. The molecule has 0 saturated heterocycles. The first-order valence-corrected chi connectivity index (χ1v) is 6.73. The molecule has 0 saturated carbocycles. The number of nitrogens with two attached hydrogens (primary N) is 1. The van der Waals surface area contributed by atoms with Crippen LogP contribution in [0.3, 0.4) is 0 Å². The van der Waals surface area contributed by atoms with Crippen molar-refractivity contribution in [3.8, 4) is 16.3 Å². The molecule has 3 N–H and O–H groups in total. The van der Waals surface area contributed by atoms with Gasteiger partial charge in [0.05, 0.1) is 21.5 Å².